The van der Waals surface area contributed by atoms with Crippen LogP contribution in [0.1, 0.15) is 16.1 Å². The molecule has 6 nitrogen and oxygen atoms in total. The first kappa shape index (κ1) is 17.5. The quantitative estimate of drug-likeness (QED) is 0.756. The van der Waals surface area contributed by atoms with Crippen molar-refractivity contribution in [1.82, 2.24) is 19.8 Å². The molecule has 0 spiro atoms. The molecule has 1 fully saturated rings. The second-order valence-corrected chi connectivity index (χ2v) is 6.94. The van der Waals surface area contributed by atoms with Crippen LogP contribution in [0.5, 0.6) is 5.75 Å². The minimum atomic E-state index is 0.0788. The van der Waals surface area contributed by atoms with Gasteiger partial charge in [-0.05, 0) is 36.8 Å². The molecule has 1 amide bonds. The Labute approximate surface area is 158 Å². The Hall–Kier alpha value is -2.86. The number of pyridine rings is 1. The highest BCUT2D eigenvalue weighted by Gasteiger charge is 2.23. The van der Waals surface area contributed by atoms with E-state index < -0.39 is 0 Å². The molecule has 3 heterocycles. The lowest BCUT2D eigenvalue weighted by Gasteiger charge is -2.34. The molecule has 0 radical (unpaired) electrons. The maximum atomic E-state index is 12.8. The van der Waals surface area contributed by atoms with Crippen LogP contribution in [-0.4, -0.2) is 65.0 Å². The van der Waals surface area contributed by atoms with Gasteiger partial charge < -0.3 is 14.6 Å². The third kappa shape index (κ3) is 4.11. The lowest BCUT2D eigenvalue weighted by Crippen LogP contribution is -2.49. The molecule has 1 aliphatic rings. The normalized spacial score (nSPS) is 15.2. The summed E-state index contributed by atoms with van der Waals surface area (Å²) >= 11 is 0. The number of piperazine rings is 1. The molecule has 1 aromatic carbocycles. The monoisotopic (exact) mass is 364 g/mol. The molecule has 0 unspecified atom stereocenters. The molecule has 4 rings (SSSR count). The molecular formula is C21H24N4O2. The predicted octanol–water partition coefficient (Wildman–Crippen LogP) is 2.71. The van der Waals surface area contributed by atoms with Gasteiger partial charge in [0.2, 0.25) is 0 Å². The van der Waals surface area contributed by atoms with E-state index in [0.717, 1.165) is 49.4 Å². The van der Waals surface area contributed by atoms with E-state index >= 15 is 0 Å². The van der Waals surface area contributed by atoms with Crippen molar-refractivity contribution in [2.24, 2.45) is 0 Å². The van der Waals surface area contributed by atoms with E-state index in [4.69, 9.17) is 4.74 Å². The number of carbonyl (C=O) groups is 1. The van der Waals surface area contributed by atoms with E-state index in [1.807, 2.05) is 23.1 Å². The molecule has 3 aromatic rings. The average molecular weight is 364 g/mol. The minimum Gasteiger partial charge on any atom is -0.491 e. The Morgan fingerprint density at radius 2 is 2.04 bits per heavy atom. The summed E-state index contributed by atoms with van der Waals surface area (Å²) in [6.07, 6.45) is 3.45. The van der Waals surface area contributed by atoms with Crippen LogP contribution in [0.2, 0.25) is 0 Å². The number of benzene rings is 1. The Morgan fingerprint density at radius 1 is 1.19 bits per heavy atom. The average Bonchev–Trinajstić information content (AvgIpc) is 3.12. The number of ether oxygens (including phenoxy) is 1. The number of aromatic nitrogens is 2. The third-order valence-electron chi connectivity index (χ3n) is 4.98. The zero-order valence-corrected chi connectivity index (χ0v) is 15.5. The van der Waals surface area contributed by atoms with Crippen molar-refractivity contribution in [2.75, 3.05) is 39.3 Å². The third-order valence-corrected chi connectivity index (χ3v) is 4.98. The number of carbonyl (C=O) groups excluding carboxylic acids is 1. The van der Waals surface area contributed by atoms with Gasteiger partial charge in [0.1, 0.15) is 18.1 Å². The number of H-pyrrole nitrogens is 1. The minimum absolute atomic E-state index is 0.0788. The Kier molecular flexibility index (Phi) is 5.07. The molecule has 1 aliphatic heterocycles. The predicted molar refractivity (Wildman–Crippen MR) is 105 cm³/mol. The number of hydrogen-bond donors (Lipinski definition) is 1. The van der Waals surface area contributed by atoms with E-state index in [0.29, 0.717) is 12.3 Å². The fourth-order valence-electron chi connectivity index (χ4n) is 3.43. The summed E-state index contributed by atoms with van der Waals surface area (Å²) in [6, 6.07) is 11.9. The van der Waals surface area contributed by atoms with Crippen molar-refractivity contribution in [3.63, 3.8) is 0 Å². The summed E-state index contributed by atoms with van der Waals surface area (Å²) in [5, 5.41) is 1.08. The van der Waals surface area contributed by atoms with Crippen molar-refractivity contribution < 1.29 is 9.53 Å². The zero-order valence-electron chi connectivity index (χ0n) is 15.5. The summed E-state index contributed by atoms with van der Waals surface area (Å²) in [7, 11) is 0. The van der Waals surface area contributed by atoms with Crippen LogP contribution in [-0.2, 0) is 0 Å². The molecule has 0 atom stereocenters. The number of amides is 1. The van der Waals surface area contributed by atoms with Crippen LogP contribution in [0, 0.1) is 6.92 Å². The SMILES string of the molecule is Cc1ccc2cc(C(=O)N3CCN(CCOc4cccnc4)CC3)[nH]c2c1. The van der Waals surface area contributed by atoms with Crippen LogP contribution in [0.15, 0.2) is 48.8 Å². The molecule has 6 heteroatoms. The van der Waals surface area contributed by atoms with Crippen LogP contribution in [0.4, 0.5) is 0 Å². The van der Waals surface area contributed by atoms with Crippen LogP contribution in [0.25, 0.3) is 10.9 Å². The fraction of sp³-hybridized carbons (Fsp3) is 0.333. The van der Waals surface area contributed by atoms with Crippen LogP contribution < -0.4 is 4.74 Å². The summed E-state index contributed by atoms with van der Waals surface area (Å²) in [5.74, 6) is 0.871. The Bertz CT molecular complexity index is 914. The summed E-state index contributed by atoms with van der Waals surface area (Å²) in [4.78, 5) is 24.4. The number of nitrogens with zero attached hydrogens (tertiary/aromatic N) is 3. The highest BCUT2D eigenvalue weighted by molar-refractivity contribution is 5.98. The molecule has 27 heavy (non-hydrogen) atoms. The summed E-state index contributed by atoms with van der Waals surface area (Å²) in [6.45, 7) is 6.73. The van der Waals surface area contributed by atoms with Crippen molar-refractivity contribution in [1.29, 1.82) is 0 Å². The lowest BCUT2D eigenvalue weighted by molar-refractivity contribution is 0.0615. The molecule has 140 valence electrons. The highest BCUT2D eigenvalue weighted by Crippen LogP contribution is 2.18. The number of fused-ring (bicyclic) bond motifs is 1. The summed E-state index contributed by atoms with van der Waals surface area (Å²) < 4.78 is 5.71. The van der Waals surface area contributed by atoms with Crippen LogP contribution >= 0.6 is 0 Å². The fourth-order valence-corrected chi connectivity index (χ4v) is 3.43. The molecular weight excluding hydrogens is 340 g/mol. The van der Waals surface area contributed by atoms with E-state index in [1.165, 1.54) is 5.56 Å². The number of nitrogens with one attached hydrogen (secondary N) is 1. The maximum absolute atomic E-state index is 12.8. The Morgan fingerprint density at radius 3 is 2.81 bits per heavy atom. The van der Waals surface area contributed by atoms with Gasteiger partial charge in [0.05, 0.1) is 6.20 Å². The second kappa shape index (κ2) is 7.80. The molecule has 1 N–H and O–H groups in total. The first-order valence-corrected chi connectivity index (χ1v) is 9.33. The van der Waals surface area contributed by atoms with E-state index in [-0.39, 0.29) is 5.91 Å². The topological polar surface area (TPSA) is 61.5 Å². The standard InChI is InChI=1S/C21H24N4O2/c1-16-4-5-17-14-20(23-19(17)13-16)21(26)25-9-7-24(8-10-25)11-12-27-18-3-2-6-22-15-18/h2-6,13-15,23H,7-12H2,1H3. The smallest absolute Gasteiger partial charge is 0.270 e. The van der Waals surface area contributed by atoms with Gasteiger partial charge in [-0.3, -0.25) is 14.7 Å². The van der Waals surface area contributed by atoms with Crippen molar-refractivity contribution in [3.8, 4) is 5.75 Å². The van der Waals surface area contributed by atoms with Gasteiger partial charge in [-0.1, -0.05) is 12.1 Å². The molecule has 0 aliphatic carbocycles. The second-order valence-electron chi connectivity index (χ2n) is 6.94. The first-order valence-electron chi connectivity index (χ1n) is 9.33. The molecule has 0 saturated carbocycles. The van der Waals surface area contributed by atoms with Crippen molar-refractivity contribution >= 4 is 16.8 Å². The highest BCUT2D eigenvalue weighted by atomic mass is 16.5. The molecule has 1 saturated heterocycles. The van der Waals surface area contributed by atoms with Gasteiger partial charge in [0.25, 0.3) is 5.91 Å². The number of aromatic amines is 1. The van der Waals surface area contributed by atoms with Gasteiger partial charge in [-0.25, -0.2) is 0 Å². The van der Waals surface area contributed by atoms with Crippen molar-refractivity contribution in [2.45, 2.75) is 6.92 Å². The number of hydrogen-bond acceptors (Lipinski definition) is 4. The number of aryl methyl sites for hydroxylation is 1. The Balaban J connectivity index is 1.28. The van der Waals surface area contributed by atoms with Gasteiger partial charge >= 0.3 is 0 Å². The van der Waals surface area contributed by atoms with Crippen LogP contribution in [0.3, 0.4) is 0 Å². The maximum Gasteiger partial charge on any atom is 0.270 e. The molecule has 0 bridgehead atoms. The zero-order chi connectivity index (χ0) is 18.6. The van der Waals surface area contributed by atoms with Gasteiger partial charge in [-0.15, -0.1) is 0 Å². The largest absolute Gasteiger partial charge is 0.491 e. The summed E-state index contributed by atoms with van der Waals surface area (Å²) in [5.41, 5.74) is 2.87. The van der Waals surface area contributed by atoms with E-state index in [1.54, 1.807) is 12.4 Å². The van der Waals surface area contributed by atoms with E-state index in [9.17, 15) is 4.79 Å². The van der Waals surface area contributed by atoms with E-state index in [2.05, 4.69) is 40.0 Å². The van der Waals surface area contributed by atoms with Crippen molar-refractivity contribution in [3.05, 3.63) is 60.0 Å². The lowest BCUT2D eigenvalue weighted by atomic mass is 10.2. The first-order chi connectivity index (χ1) is 13.2. The number of rotatable bonds is 5. The molecule has 2 aromatic heterocycles. The van der Waals surface area contributed by atoms with Gasteiger partial charge in [0.15, 0.2) is 0 Å². The van der Waals surface area contributed by atoms with Gasteiger partial charge in [-0.2, -0.15) is 0 Å². The van der Waals surface area contributed by atoms with Gasteiger partial charge in [0, 0.05) is 49.8 Å².